The van der Waals surface area contributed by atoms with E-state index >= 15 is 0 Å². The highest BCUT2D eigenvalue weighted by atomic mass is 15.1. The Labute approximate surface area is 287 Å². The van der Waals surface area contributed by atoms with Gasteiger partial charge in [-0.15, -0.1) is 0 Å². The molecule has 1 aliphatic carbocycles. The Morgan fingerprint density at radius 3 is 1.08 bits per heavy atom. The zero-order valence-corrected chi connectivity index (χ0v) is 28.8. The fraction of sp³-hybridized carbons (Fsp3) is 0.217. The van der Waals surface area contributed by atoms with E-state index in [0.29, 0.717) is 0 Å². The molecule has 6 aromatic rings. The first-order chi connectivity index (χ1) is 23.4. The lowest BCUT2D eigenvalue weighted by Crippen LogP contribution is -2.30. The molecule has 1 fully saturated rings. The summed E-state index contributed by atoms with van der Waals surface area (Å²) < 4.78 is 0. The van der Waals surface area contributed by atoms with Crippen LogP contribution in [-0.4, -0.2) is 0 Å². The molecular weight excluding hydrogens is 581 g/mol. The van der Waals surface area contributed by atoms with Crippen molar-refractivity contribution >= 4 is 34.1 Å². The highest BCUT2D eigenvalue weighted by Crippen LogP contribution is 2.47. The summed E-state index contributed by atoms with van der Waals surface area (Å²) in [5.74, 6) is 0. The van der Waals surface area contributed by atoms with E-state index in [-0.39, 0.29) is 5.41 Å². The Balaban J connectivity index is 1.26. The molecule has 0 radical (unpaired) electrons. The van der Waals surface area contributed by atoms with Crippen LogP contribution < -0.4 is 9.80 Å². The normalized spacial score (nSPS) is 14.0. The van der Waals surface area contributed by atoms with Crippen LogP contribution in [0, 0.1) is 27.7 Å². The van der Waals surface area contributed by atoms with E-state index < -0.39 is 0 Å². The molecule has 0 saturated heterocycles. The first-order valence-electron chi connectivity index (χ1n) is 17.5. The summed E-state index contributed by atoms with van der Waals surface area (Å²) in [4.78, 5) is 4.76. The SMILES string of the molecule is Cc1ccc(N(c2ccc(C3(c4ccc(N(c5cccc(C)c5)c5cccc(C)c5)cc4)CCCCC3)cc2)c2cccc(C)c2)cc1. The minimum Gasteiger partial charge on any atom is -0.310 e. The molecule has 0 amide bonds. The lowest BCUT2D eigenvalue weighted by Gasteiger charge is -2.39. The fourth-order valence-corrected chi connectivity index (χ4v) is 7.65. The Hall–Kier alpha value is -5.08. The maximum Gasteiger partial charge on any atom is 0.0464 e. The van der Waals surface area contributed by atoms with Crippen LogP contribution in [0.3, 0.4) is 0 Å². The molecule has 0 atom stereocenters. The maximum absolute atomic E-state index is 2.40. The number of rotatable bonds is 8. The Morgan fingerprint density at radius 1 is 0.354 bits per heavy atom. The first kappa shape index (κ1) is 31.5. The number of anilines is 6. The number of hydrogen-bond acceptors (Lipinski definition) is 2. The summed E-state index contributed by atoms with van der Waals surface area (Å²) in [5.41, 5.74) is 15.0. The van der Waals surface area contributed by atoms with Gasteiger partial charge in [-0.1, -0.05) is 97.6 Å². The van der Waals surface area contributed by atoms with Gasteiger partial charge in [0, 0.05) is 39.5 Å². The Kier molecular flexibility index (Phi) is 8.91. The third kappa shape index (κ3) is 6.40. The molecule has 7 rings (SSSR count). The van der Waals surface area contributed by atoms with Gasteiger partial charge in [-0.25, -0.2) is 0 Å². The van der Waals surface area contributed by atoms with E-state index in [1.807, 2.05) is 0 Å². The summed E-state index contributed by atoms with van der Waals surface area (Å²) in [5, 5.41) is 0. The molecule has 1 saturated carbocycles. The molecule has 0 unspecified atom stereocenters. The van der Waals surface area contributed by atoms with E-state index in [9.17, 15) is 0 Å². The Bertz CT molecular complexity index is 1940. The quantitative estimate of drug-likeness (QED) is 0.166. The molecule has 0 bridgehead atoms. The van der Waals surface area contributed by atoms with Gasteiger partial charge in [-0.3, -0.25) is 0 Å². The zero-order valence-electron chi connectivity index (χ0n) is 28.8. The summed E-state index contributed by atoms with van der Waals surface area (Å²) in [6.07, 6.45) is 6.15. The highest BCUT2D eigenvalue weighted by molar-refractivity contribution is 5.78. The smallest absolute Gasteiger partial charge is 0.0464 e. The van der Waals surface area contributed by atoms with Gasteiger partial charge < -0.3 is 9.80 Å². The molecular formula is C46H46N2. The summed E-state index contributed by atoms with van der Waals surface area (Å²) in [7, 11) is 0. The van der Waals surface area contributed by atoms with Crippen LogP contribution in [0.25, 0.3) is 0 Å². The molecule has 1 aliphatic rings. The van der Waals surface area contributed by atoms with E-state index in [0.717, 1.165) is 0 Å². The van der Waals surface area contributed by atoms with Crippen molar-refractivity contribution in [3.8, 4) is 0 Å². The molecule has 0 aromatic heterocycles. The maximum atomic E-state index is 2.40. The van der Waals surface area contributed by atoms with Crippen molar-refractivity contribution in [2.24, 2.45) is 0 Å². The fourth-order valence-electron chi connectivity index (χ4n) is 7.65. The van der Waals surface area contributed by atoms with Gasteiger partial charge in [0.05, 0.1) is 0 Å². The molecule has 0 heterocycles. The van der Waals surface area contributed by atoms with Gasteiger partial charge in [0.1, 0.15) is 0 Å². The number of hydrogen-bond donors (Lipinski definition) is 0. The topological polar surface area (TPSA) is 6.48 Å². The van der Waals surface area contributed by atoms with E-state index in [4.69, 9.17) is 0 Å². The van der Waals surface area contributed by atoms with Gasteiger partial charge in [-0.05, 0) is 141 Å². The van der Waals surface area contributed by atoms with Crippen molar-refractivity contribution in [2.45, 2.75) is 65.2 Å². The van der Waals surface area contributed by atoms with Crippen LogP contribution in [0.4, 0.5) is 34.1 Å². The zero-order chi connectivity index (χ0) is 33.1. The molecule has 6 aromatic carbocycles. The average molecular weight is 627 g/mol. The largest absolute Gasteiger partial charge is 0.310 e. The third-order valence-corrected chi connectivity index (χ3v) is 10.1. The minimum atomic E-state index is 0.00480. The van der Waals surface area contributed by atoms with Gasteiger partial charge in [-0.2, -0.15) is 0 Å². The van der Waals surface area contributed by atoms with Gasteiger partial charge in [0.15, 0.2) is 0 Å². The second-order valence-corrected chi connectivity index (χ2v) is 13.8. The standard InChI is InChI=1S/C46H46N2/c1-34-17-23-40(24-18-34)47(43-14-8-11-35(2)31-43)41-25-19-38(20-26-41)46(29-6-5-7-30-46)39-21-27-42(28-22-39)48(44-15-9-12-36(3)32-44)45-16-10-13-37(4)33-45/h8-28,31-33H,5-7,29-30H2,1-4H3. The summed E-state index contributed by atoms with van der Waals surface area (Å²) in [6.45, 7) is 8.65. The van der Waals surface area contributed by atoms with Crippen LogP contribution in [0.1, 0.15) is 65.5 Å². The number of aryl methyl sites for hydroxylation is 4. The van der Waals surface area contributed by atoms with Crippen molar-refractivity contribution < 1.29 is 0 Å². The second-order valence-electron chi connectivity index (χ2n) is 13.8. The molecule has 2 nitrogen and oxygen atoms in total. The van der Waals surface area contributed by atoms with Crippen LogP contribution >= 0.6 is 0 Å². The van der Waals surface area contributed by atoms with Crippen molar-refractivity contribution in [1.29, 1.82) is 0 Å². The Morgan fingerprint density at radius 2 is 0.708 bits per heavy atom. The van der Waals surface area contributed by atoms with Crippen LogP contribution in [0.5, 0.6) is 0 Å². The van der Waals surface area contributed by atoms with Gasteiger partial charge >= 0.3 is 0 Å². The predicted molar refractivity (Wildman–Crippen MR) is 205 cm³/mol. The van der Waals surface area contributed by atoms with E-state index in [2.05, 4.69) is 183 Å². The molecule has 240 valence electrons. The van der Waals surface area contributed by atoms with Gasteiger partial charge in [0.25, 0.3) is 0 Å². The second kappa shape index (κ2) is 13.6. The van der Waals surface area contributed by atoms with Crippen LogP contribution in [0.2, 0.25) is 0 Å². The molecule has 2 heteroatoms. The molecule has 0 spiro atoms. The molecule has 48 heavy (non-hydrogen) atoms. The van der Waals surface area contributed by atoms with Crippen molar-refractivity contribution in [2.75, 3.05) is 9.80 Å². The van der Waals surface area contributed by atoms with Crippen molar-refractivity contribution in [3.63, 3.8) is 0 Å². The lowest BCUT2D eigenvalue weighted by molar-refractivity contribution is 0.346. The van der Waals surface area contributed by atoms with Crippen LogP contribution in [0.15, 0.2) is 146 Å². The molecule has 0 N–H and O–H groups in total. The first-order valence-corrected chi connectivity index (χ1v) is 17.5. The number of benzene rings is 6. The predicted octanol–water partition coefficient (Wildman–Crippen LogP) is 13.1. The van der Waals surface area contributed by atoms with Crippen LogP contribution in [-0.2, 0) is 5.41 Å². The molecule has 0 aliphatic heterocycles. The number of nitrogens with zero attached hydrogens (tertiary/aromatic N) is 2. The highest BCUT2D eigenvalue weighted by Gasteiger charge is 2.36. The summed E-state index contributed by atoms with van der Waals surface area (Å²) in [6, 6.07) is 54.2. The minimum absolute atomic E-state index is 0.00480. The lowest BCUT2D eigenvalue weighted by atomic mass is 9.65. The van der Waals surface area contributed by atoms with Gasteiger partial charge in [0.2, 0.25) is 0 Å². The van der Waals surface area contributed by atoms with Crippen molar-refractivity contribution in [1.82, 2.24) is 0 Å². The monoisotopic (exact) mass is 626 g/mol. The third-order valence-electron chi connectivity index (χ3n) is 10.1. The van der Waals surface area contributed by atoms with Crippen molar-refractivity contribution in [3.05, 3.63) is 179 Å². The summed E-state index contributed by atoms with van der Waals surface area (Å²) >= 11 is 0. The van der Waals surface area contributed by atoms with E-state index in [1.165, 1.54) is 99.6 Å². The average Bonchev–Trinajstić information content (AvgIpc) is 3.10. The van der Waals surface area contributed by atoms with E-state index in [1.54, 1.807) is 0 Å².